The molecule has 1 aromatic heterocycles. The molecule has 37 heavy (non-hydrogen) atoms. The number of carbonyl (C=O) groups excluding carboxylic acids is 2. The number of aliphatic hydroxyl groups excluding tert-OH is 1. The van der Waals surface area contributed by atoms with Gasteiger partial charge >= 0.3 is 0 Å². The van der Waals surface area contributed by atoms with Crippen LogP contribution >= 0.6 is 0 Å². The second kappa shape index (κ2) is 9.92. The minimum Gasteiger partial charge on any atom is -0.391 e. The maximum Gasteiger partial charge on any atom is 0.248 e. The molecule has 5 rings (SSSR count). The molecular weight excluding hydrogens is 496 g/mol. The lowest BCUT2D eigenvalue weighted by Crippen LogP contribution is -2.57. The molecule has 1 saturated heterocycles. The van der Waals surface area contributed by atoms with Crippen molar-refractivity contribution in [2.24, 2.45) is 5.41 Å². The first-order valence-corrected chi connectivity index (χ1v) is 15.2. The lowest BCUT2D eigenvalue weighted by Gasteiger charge is -2.36. The van der Waals surface area contributed by atoms with Gasteiger partial charge in [-0.25, -0.2) is 17.8 Å². The van der Waals surface area contributed by atoms with Gasteiger partial charge < -0.3 is 15.3 Å². The largest absolute Gasteiger partial charge is 0.391 e. The van der Waals surface area contributed by atoms with Crippen LogP contribution in [0.2, 0.25) is 0 Å². The van der Waals surface area contributed by atoms with Gasteiger partial charge in [-0.05, 0) is 43.9 Å². The summed E-state index contributed by atoms with van der Waals surface area (Å²) >= 11 is 0. The smallest absolute Gasteiger partial charge is 0.248 e. The maximum absolute atomic E-state index is 13.9. The van der Waals surface area contributed by atoms with E-state index in [0.29, 0.717) is 31.6 Å². The normalized spacial score (nSPS) is 29.8. The molecule has 4 aliphatic rings. The topological polar surface area (TPSA) is 147 Å². The molecule has 3 N–H and O–H groups in total. The summed E-state index contributed by atoms with van der Waals surface area (Å²) in [6.07, 6.45) is 7.80. The predicted molar refractivity (Wildman–Crippen MR) is 136 cm³/mol. The molecular formula is C25H40N6O5S. The summed E-state index contributed by atoms with van der Waals surface area (Å²) in [5.41, 5.74) is 0.380. The average Bonchev–Trinajstić information content (AvgIpc) is 3.75. The SMILES string of the molecule is CC(C)(C)[C@@H](C(=O)N1C[C@H](O)C[C@H]1C(=O)N[C@@H]1CCCC[C@H]1NS(=O)(=O)C1CC1)n1cc(C2CC2)nn1. The van der Waals surface area contributed by atoms with Gasteiger partial charge in [-0.3, -0.25) is 9.59 Å². The zero-order valence-corrected chi connectivity index (χ0v) is 22.8. The Kier molecular flexibility index (Phi) is 7.12. The van der Waals surface area contributed by atoms with E-state index in [1.54, 1.807) is 4.68 Å². The van der Waals surface area contributed by atoms with Gasteiger partial charge in [0, 0.05) is 37.2 Å². The van der Waals surface area contributed by atoms with E-state index in [1.807, 2.05) is 27.0 Å². The molecule has 206 valence electrons. The molecule has 3 aliphatic carbocycles. The van der Waals surface area contributed by atoms with Gasteiger partial charge in [0.15, 0.2) is 0 Å². The predicted octanol–water partition coefficient (Wildman–Crippen LogP) is 1.21. The van der Waals surface area contributed by atoms with Gasteiger partial charge in [0.2, 0.25) is 21.8 Å². The molecule has 12 heteroatoms. The minimum absolute atomic E-state index is 0.0656. The Balaban J connectivity index is 1.31. The van der Waals surface area contributed by atoms with E-state index < -0.39 is 33.6 Å². The number of β-amino-alcohol motifs (C(OH)–C–C–N with tert-alkyl or cyclic N) is 1. The van der Waals surface area contributed by atoms with E-state index >= 15 is 0 Å². The summed E-state index contributed by atoms with van der Waals surface area (Å²) in [4.78, 5) is 28.9. The highest BCUT2D eigenvalue weighted by Crippen LogP contribution is 2.40. The van der Waals surface area contributed by atoms with Gasteiger partial charge in [0.25, 0.3) is 0 Å². The standard InChI is InChI=1S/C25H40N6O5S/c1-25(2,3)22(31-14-20(27-29-31)15-8-9-15)24(34)30-13-16(32)12-21(30)23(33)26-18-6-4-5-7-19(18)28-37(35,36)17-10-11-17/h14-19,21-22,28,32H,4-13H2,1-3H3,(H,26,33)/t16-,18-,19-,21+,22-/m1/s1. The van der Waals surface area contributed by atoms with Crippen molar-refractivity contribution in [3.05, 3.63) is 11.9 Å². The fourth-order valence-electron chi connectivity index (χ4n) is 5.74. The number of nitrogens with zero attached hydrogens (tertiary/aromatic N) is 4. The molecule has 2 heterocycles. The van der Waals surface area contributed by atoms with Crippen molar-refractivity contribution in [2.75, 3.05) is 6.54 Å². The number of carbonyl (C=O) groups is 2. The molecule has 0 spiro atoms. The highest BCUT2D eigenvalue weighted by atomic mass is 32.2. The fourth-order valence-corrected chi connectivity index (χ4v) is 7.39. The van der Waals surface area contributed by atoms with Gasteiger partial charge in [-0.1, -0.05) is 38.8 Å². The first-order chi connectivity index (χ1) is 17.4. The van der Waals surface area contributed by atoms with Crippen LogP contribution in [0.1, 0.15) is 96.2 Å². The van der Waals surface area contributed by atoms with Crippen molar-refractivity contribution in [3.8, 4) is 0 Å². The van der Waals surface area contributed by atoms with E-state index in [9.17, 15) is 23.1 Å². The third-order valence-corrected chi connectivity index (χ3v) is 10.1. The van der Waals surface area contributed by atoms with Crippen LogP contribution in [0.3, 0.4) is 0 Å². The monoisotopic (exact) mass is 536 g/mol. The summed E-state index contributed by atoms with van der Waals surface area (Å²) in [6, 6.07) is -2.22. The zero-order valence-electron chi connectivity index (χ0n) is 22.0. The number of amides is 2. The number of sulfonamides is 1. The van der Waals surface area contributed by atoms with E-state index in [1.165, 1.54) is 4.90 Å². The number of hydrogen-bond acceptors (Lipinski definition) is 7. The first-order valence-electron chi connectivity index (χ1n) is 13.7. The quantitative estimate of drug-likeness (QED) is 0.453. The van der Waals surface area contributed by atoms with Crippen molar-refractivity contribution in [3.63, 3.8) is 0 Å². The van der Waals surface area contributed by atoms with Crippen molar-refractivity contribution in [1.29, 1.82) is 0 Å². The second-order valence-electron chi connectivity index (χ2n) is 12.4. The van der Waals surface area contributed by atoms with Gasteiger partial charge in [0.05, 0.1) is 17.0 Å². The highest BCUT2D eigenvalue weighted by molar-refractivity contribution is 7.90. The Morgan fingerprint density at radius 3 is 2.38 bits per heavy atom. The van der Waals surface area contributed by atoms with Crippen LogP contribution in [0.25, 0.3) is 0 Å². The molecule has 2 amide bonds. The lowest BCUT2D eigenvalue weighted by atomic mass is 9.85. The summed E-state index contributed by atoms with van der Waals surface area (Å²) < 4.78 is 29.6. The molecule has 0 radical (unpaired) electrons. The Hall–Kier alpha value is -2.05. The Bertz CT molecular complexity index is 1120. The van der Waals surface area contributed by atoms with E-state index in [2.05, 4.69) is 20.4 Å². The van der Waals surface area contributed by atoms with Gasteiger partial charge in [-0.2, -0.15) is 0 Å². The van der Waals surface area contributed by atoms with Crippen molar-refractivity contribution < 1.29 is 23.1 Å². The minimum atomic E-state index is -3.39. The van der Waals surface area contributed by atoms with E-state index in [4.69, 9.17) is 0 Å². The Labute approximate surface area is 218 Å². The van der Waals surface area contributed by atoms with Crippen molar-refractivity contribution in [1.82, 2.24) is 29.9 Å². The van der Waals surface area contributed by atoms with Crippen molar-refractivity contribution >= 4 is 21.8 Å². The third kappa shape index (κ3) is 5.85. The van der Waals surface area contributed by atoms with Crippen LogP contribution in [0.4, 0.5) is 0 Å². The lowest BCUT2D eigenvalue weighted by molar-refractivity contribution is -0.144. The molecule has 1 aromatic rings. The summed E-state index contributed by atoms with van der Waals surface area (Å²) in [7, 11) is -3.39. The van der Waals surface area contributed by atoms with Crippen LogP contribution in [-0.2, 0) is 19.6 Å². The summed E-state index contributed by atoms with van der Waals surface area (Å²) in [5.74, 6) is -0.221. The average molecular weight is 537 g/mol. The van der Waals surface area contributed by atoms with Crippen LogP contribution in [-0.4, -0.2) is 81.3 Å². The molecule has 1 aliphatic heterocycles. The number of rotatable bonds is 8. The zero-order chi connectivity index (χ0) is 26.5. The summed E-state index contributed by atoms with van der Waals surface area (Å²) in [6.45, 7) is 5.92. The number of aliphatic hydroxyl groups is 1. The molecule has 3 saturated carbocycles. The second-order valence-corrected chi connectivity index (χ2v) is 14.4. The summed E-state index contributed by atoms with van der Waals surface area (Å²) in [5, 5.41) is 21.8. The van der Waals surface area contributed by atoms with Crippen LogP contribution in [0.5, 0.6) is 0 Å². The molecule has 5 atom stereocenters. The van der Waals surface area contributed by atoms with Crippen LogP contribution in [0.15, 0.2) is 6.20 Å². The van der Waals surface area contributed by atoms with E-state index in [-0.39, 0.29) is 42.1 Å². The molecule has 11 nitrogen and oxygen atoms in total. The Morgan fingerprint density at radius 2 is 1.76 bits per heavy atom. The Morgan fingerprint density at radius 1 is 1.08 bits per heavy atom. The van der Waals surface area contributed by atoms with Crippen molar-refractivity contribution in [2.45, 2.75) is 120 Å². The molecule has 0 bridgehead atoms. The number of aromatic nitrogens is 3. The molecule has 0 aromatic carbocycles. The van der Waals surface area contributed by atoms with Crippen LogP contribution in [0, 0.1) is 5.41 Å². The van der Waals surface area contributed by atoms with Gasteiger partial charge in [-0.15, -0.1) is 5.10 Å². The molecule has 4 fully saturated rings. The van der Waals surface area contributed by atoms with E-state index in [0.717, 1.165) is 31.4 Å². The first kappa shape index (κ1) is 26.6. The van der Waals surface area contributed by atoms with Crippen LogP contribution < -0.4 is 10.0 Å². The number of nitrogens with one attached hydrogen (secondary N) is 2. The fraction of sp³-hybridized carbons (Fsp3) is 0.840. The maximum atomic E-state index is 13.9. The third-order valence-electron chi connectivity index (χ3n) is 8.08. The number of likely N-dealkylation sites (tertiary alicyclic amines) is 1. The van der Waals surface area contributed by atoms with Gasteiger partial charge in [0.1, 0.15) is 12.1 Å². The highest BCUT2D eigenvalue weighted by Gasteiger charge is 2.46. The molecule has 0 unspecified atom stereocenters. The number of hydrogen-bond donors (Lipinski definition) is 3.